The summed E-state index contributed by atoms with van der Waals surface area (Å²) >= 11 is 4.21. The number of rotatable bonds is 6. The molecule has 0 atom stereocenters. The van der Waals surface area contributed by atoms with Crippen molar-refractivity contribution >= 4 is 55.0 Å². The van der Waals surface area contributed by atoms with Gasteiger partial charge in [-0.25, -0.2) is 0 Å². The Morgan fingerprint density at radius 2 is 1.71 bits per heavy atom. The zero-order chi connectivity index (χ0) is 24.5. The Balaban J connectivity index is 1.51. The van der Waals surface area contributed by atoms with Crippen LogP contribution in [0.2, 0.25) is 0 Å². The normalized spacial score (nSPS) is 15.3. The smallest absolute Gasteiger partial charge is 0.339 e. The molecule has 34 heavy (non-hydrogen) atoms. The predicted octanol–water partition coefficient (Wildman–Crippen LogP) is 6.07. The highest BCUT2D eigenvalue weighted by molar-refractivity contribution is 9.10. The van der Waals surface area contributed by atoms with Gasteiger partial charge in [0.2, 0.25) is 0 Å². The molecule has 2 amide bonds. The van der Waals surface area contributed by atoms with Gasteiger partial charge < -0.3 is 4.18 Å². The Morgan fingerprint density at radius 3 is 2.38 bits per heavy atom. The maximum Gasteiger partial charge on any atom is 0.339 e. The first-order valence-corrected chi connectivity index (χ1v) is 13.3. The van der Waals surface area contributed by atoms with E-state index in [1.54, 1.807) is 30.3 Å². The van der Waals surface area contributed by atoms with Crippen molar-refractivity contribution < 1.29 is 22.2 Å². The number of hydrogen-bond donors (Lipinski definition) is 0. The Bertz CT molecular complexity index is 1420. The maximum absolute atomic E-state index is 12.8. The minimum absolute atomic E-state index is 0.0522. The maximum atomic E-state index is 12.8. The van der Waals surface area contributed by atoms with E-state index in [-0.39, 0.29) is 28.3 Å². The van der Waals surface area contributed by atoms with E-state index in [9.17, 15) is 18.0 Å². The van der Waals surface area contributed by atoms with Crippen LogP contribution in [0.1, 0.15) is 22.3 Å². The molecule has 1 saturated heterocycles. The van der Waals surface area contributed by atoms with Crippen LogP contribution in [-0.2, 0) is 21.5 Å². The van der Waals surface area contributed by atoms with Crippen LogP contribution in [-0.4, -0.2) is 24.5 Å². The number of carbonyl (C=O) groups is 2. The van der Waals surface area contributed by atoms with E-state index >= 15 is 0 Å². The van der Waals surface area contributed by atoms with Crippen LogP contribution in [0.15, 0.2) is 81.0 Å². The first-order chi connectivity index (χ1) is 16.1. The van der Waals surface area contributed by atoms with Gasteiger partial charge in [-0.3, -0.25) is 14.5 Å². The van der Waals surface area contributed by atoms with Crippen LogP contribution in [0.4, 0.5) is 4.79 Å². The van der Waals surface area contributed by atoms with Gasteiger partial charge in [-0.15, -0.1) is 0 Å². The van der Waals surface area contributed by atoms with Crippen molar-refractivity contribution in [1.82, 2.24) is 4.90 Å². The lowest BCUT2D eigenvalue weighted by Crippen LogP contribution is -2.27. The third-order valence-electron chi connectivity index (χ3n) is 5.06. The molecule has 0 saturated carbocycles. The Labute approximate surface area is 210 Å². The summed E-state index contributed by atoms with van der Waals surface area (Å²) in [5, 5.41) is -0.332. The third-order valence-corrected chi connectivity index (χ3v) is 7.84. The number of carbonyl (C=O) groups excluding carboxylic acids is 2. The van der Waals surface area contributed by atoms with E-state index in [1.165, 1.54) is 23.1 Å². The Hall–Kier alpha value is -2.88. The molecule has 174 valence electrons. The minimum Gasteiger partial charge on any atom is -0.378 e. The van der Waals surface area contributed by atoms with Gasteiger partial charge in [0.25, 0.3) is 11.1 Å². The Morgan fingerprint density at radius 1 is 0.971 bits per heavy atom. The lowest BCUT2D eigenvalue weighted by atomic mass is 10.1. The minimum atomic E-state index is -4.00. The van der Waals surface area contributed by atoms with Gasteiger partial charge in [0.1, 0.15) is 4.90 Å². The molecule has 0 N–H and O–H groups in total. The molecule has 0 unspecified atom stereocenters. The van der Waals surface area contributed by atoms with Gasteiger partial charge in [0.05, 0.1) is 15.9 Å². The number of nitrogens with zero attached hydrogens (tertiary/aromatic N) is 1. The number of hydrogen-bond acceptors (Lipinski definition) is 6. The summed E-state index contributed by atoms with van der Waals surface area (Å²) in [7, 11) is -4.00. The monoisotopic (exact) mass is 557 g/mol. The highest BCUT2D eigenvalue weighted by Crippen LogP contribution is 2.35. The van der Waals surface area contributed by atoms with Crippen molar-refractivity contribution in [2.24, 2.45) is 0 Å². The van der Waals surface area contributed by atoms with Gasteiger partial charge in [0.15, 0.2) is 5.75 Å². The molecule has 0 spiro atoms. The van der Waals surface area contributed by atoms with Gasteiger partial charge in [0, 0.05) is 0 Å². The number of aryl methyl sites for hydroxylation is 2. The molecule has 0 aromatic heterocycles. The number of benzene rings is 3. The van der Waals surface area contributed by atoms with Crippen LogP contribution in [0.5, 0.6) is 5.75 Å². The summed E-state index contributed by atoms with van der Waals surface area (Å²) in [6.07, 6.45) is 1.60. The molecular formula is C25H20BrNO5S2. The molecule has 3 aromatic rings. The first-order valence-electron chi connectivity index (χ1n) is 10.2. The second-order valence-electron chi connectivity index (χ2n) is 7.80. The second kappa shape index (κ2) is 9.77. The fourth-order valence-corrected chi connectivity index (χ4v) is 5.70. The molecule has 1 aliphatic heterocycles. The zero-order valence-corrected chi connectivity index (χ0v) is 21.5. The van der Waals surface area contributed by atoms with E-state index in [0.29, 0.717) is 14.9 Å². The zero-order valence-electron chi connectivity index (χ0n) is 18.3. The van der Waals surface area contributed by atoms with Gasteiger partial charge >= 0.3 is 10.1 Å². The van der Waals surface area contributed by atoms with Crippen LogP contribution in [0.25, 0.3) is 6.08 Å². The van der Waals surface area contributed by atoms with Crippen LogP contribution >= 0.6 is 27.7 Å². The van der Waals surface area contributed by atoms with Crippen molar-refractivity contribution in [2.75, 3.05) is 0 Å². The van der Waals surface area contributed by atoms with Gasteiger partial charge in [-0.1, -0.05) is 53.6 Å². The first kappa shape index (κ1) is 24.3. The molecular weight excluding hydrogens is 538 g/mol. The van der Waals surface area contributed by atoms with Crippen molar-refractivity contribution in [3.63, 3.8) is 0 Å². The van der Waals surface area contributed by atoms with Crippen molar-refractivity contribution in [2.45, 2.75) is 25.3 Å². The third kappa shape index (κ3) is 5.43. The lowest BCUT2D eigenvalue weighted by Gasteiger charge is -2.12. The molecule has 4 rings (SSSR count). The average Bonchev–Trinajstić information content (AvgIpc) is 3.03. The van der Waals surface area contributed by atoms with Crippen molar-refractivity contribution in [3.8, 4) is 5.75 Å². The van der Waals surface area contributed by atoms with E-state index in [2.05, 4.69) is 15.9 Å². The quantitative estimate of drug-likeness (QED) is 0.270. The predicted molar refractivity (Wildman–Crippen MR) is 136 cm³/mol. The van der Waals surface area contributed by atoms with E-state index in [4.69, 9.17) is 4.18 Å². The molecule has 0 bridgehead atoms. The summed E-state index contributed by atoms with van der Waals surface area (Å²) in [6.45, 7) is 4.02. The summed E-state index contributed by atoms with van der Waals surface area (Å²) in [4.78, 5) is 26.8. The van der Waals surface area contributed by atoms with Gasteiger partial charge in [-0.05, 0) is 83.0 Å². The molecule has 1 aliphatic rings. The fourth-order valence-electron chi connectivity index (χ4n) is 3.33. The van der Waals surface area contributed by atoms with Gasteiger partial charge in [-0.2, -0.15) is 8.42 Å². The number of thioether (sulfide) groups is 1. The van der Waals surface area contributed by atoms with Crippen LogP contribution in [0, 0.1) is 13.8 Å². The van der Waals surface area contributed by atoms with Crippen LogP contribution in [0.3, 0.4) is 0 Å². The Kier molecular flexibility index (Phi) is 6.97. The second-order valence-corrected chi connectivity index (χ2v) is 11.2. The summed E-state index contributed by atoms with van der Waals surface area (Å²) in [5.74, 6) is -0.250. The number of amides is 2. The topological polar surface area (TPSA) is 80.8 Å². The largest absolute Gasteiger partial charge is 0.378 e. The highest BCUT2D eigenvalue weighted by Gasteiger charge is 2.35. The van der Waals surface area contributed by atoms with E-state index in [1.807, 2.05) is 38.1 Å². The van der Waals surface area contributed by atoms with Crippen molar-refractivity contribution in [1.29, 1.82) is 0 Å². The average molecular weight is 558 g/mol. The molecule has 1 fully saturated rings. The summed E-state index contributed by atoms with van der Waals surface area (Å²) < 4.78 is 30.8. The molecule has 3 aromatic carbocycles. The SMILES string of the molecule is Cc1ccc(S(=O)(=O)Oc2ccc(/C=C3\SC(=O)N(Cc4cccc(C)c4)C3=O)cc2Br)cc1. The lowest BCUT2D eigenvalue weighted by molar-refractivity contribution is -0.123. The van der Waals surface area contributed by atoms with Crippen LogP contribution < -0.4 is 4.18 Å². The molecule has 0 radical (unpaired) electrons. The fraction of sp³-hybridized carbons (Fsp3) is 0.120. The molecule has 9 heteroatoms. The number of imide groups is 1. The van der Waals surface area contributed by atoms with Crippen molar-refractivity contribution in [3.05, 3.63) is 98.4 Å². The molecule has 0 aliphatic carbocycles. The highest BCUT2D eigenvalue weighted by atomic mass is 79.9. The standard InChI is InChI=1S/C25H20BrNO5S2/c1-16-6-9-20(10-7-16)34(30,31)32-22-11-8-18(13-21(22)26)14-23-24(28)27(25(29)33-23)15-19-5-3-4-17(2)12-19/h3-14H,15H2,1-2H3/b23-14-. The summed E-state index contributed by atoms with van der Waals surface area (Å²) in [6, 6.07) is 18.8. The van der Waals surface area contributed by atoms with E-state index < -0.39 is 10.1 Å². The number of halogens is 1. The molecule has 6 nitrogen and oxygen atoms in total. The van der Waals surface area contributed by atoms with E-state index in [0.717, 1.165) is 28.5 Å². The summed E-state index contributed by atoms with van der Waals surface area (Å²) in [5.41, 5.74) is 3.49. The molecule has 1 heterocycles.